The van der Waals surface area contributed by atoms with E-state index in [1.807, 2.05) is 12.1 Å². The molecule has 0 aromatic heterocycles. The number of Topliss-reactive ketones (excluding diaryl/α,β-unsaturated/α-hetero) is 1. The van der Waals surface area contributed by atoms with Crippen molar-refractivity contribution >= 4 is 17.8 Å². The first-order valence-corrected chi connectivity index (χ1v) is 10.6. The zero-order chi connectivity index (χ0) is 23.4. The Bertz CT molecular complexity index is 1400. The van der Waals surface area contributed by atoms with Gasteiger partial charge in [0.1, 0.15) is 11.5 Å². The first-order chi connectivity index (χ1) is 16.5. The summed E-state index contributed by atoms with van der Waals surface area (Å²) < 4.78 is 27.5. The van der Waals surface area contributed by atoms with Gasteiger partial charge in [-0.25, -0.2) is 0 Å². The number of hydrogen-bond donors (Lipinski definition) is 1. The Hall–Kier alpha value is -4.46. The number of phenols is 1. The van der Waals surface area contributed by atoms with Crippen LogP contribution in [0.4, 0.5) is 0 Å². The van der Waals surface area contributed by atoms with Crippen LogP contribution in [0.5, 0.6) is 34.5 Å². The molecule has 0 saturated heterocycles. The molecular formula is C26H18O8. The van der Waals surface area contributed by atoms with Gasteiger partial charge in [-0.05, 0) is 53.6 Å². The summed E-state index contributed by atoms with van der Waals surface area (Å²) in [7, 11) is 1.46. The maximum absolute atomic E-state index is 13.1. The van der Waals surface area contributed by atoms with Crippen LogP contribution in [-0.2, 0) is 4.79 Å². The molecule has 0 saturated carbocycles. The minimum atomic E-state index is -0.391. The topological polar surface area (TPSA) is 101 Å². The Morgan fingerprint density at radius 1 is 0.971 bits per heavy atom. The number of hydrogen-bond acceptors (Lipinski definition) is 8. The first kappa shape index (κ1) is 20.2. The van der Waals surface area contributed by atoms with Gasteiger partial charge in [0.25, 0.3) is 0 Å². The number of carbonyl (C=O) groups is 2. The Balaban J connectivity index is 1.42. The molecule has 8 heteroatoms. The van der Waals surface area contributed by atoms with Gasteiger partial charge in [0, 0.05) is 11.5 Å². The summed E-state index contributed by atoms with van der Waals surface area (Å²) in [4.78, 5) is 25.5. The lowest BCUT2D eigenvalue weighted by Crippen LogP contribution is -2.21. The molecule has 3 aliphatic rings. The van der Waals surface area contributed by atoms with Crippen molar-refractivity contribution in [2.45, 2.75) is 12.3 Å². The normalized spacial score (nSPS) is 18.9. The highest BCUT2D eigenvalue weighted by Gasteiger charge is 2.39. The summed E-state index contributed by atoms with van der Waals surface area (Å²) in [5.74, 6) is 1.28. The molecule has 3 aromatic carbocycles. The van der Waals surface area contributed by atoms with Crippen LogP contribution in [0.25, 0.3) is 6.08 Å². The van der Waals surface area contributed by atoms with Gasteiger partial charge in [0.05, 0.1) is 19.1 Å². The molecule has 0 amide bonds. The molecular weight excluding hydrogens is 440 g/mol. The molecule has 1 atom stereocenters. The highest BCUT2D eigenvalue weighted by Crippen LogP contribution is 2.50. The van der Waals surface area contributed by atoms with E-state index in [1.165, 1.54) is 13.2 Å². The monoisotopic (exact) mass is 458 g/mol. The van der Waals surface area contributed by atoms with Crippen molar-refractivity contribution in [2.75, 3.05) is 13.9 Å². The third kappa shape index (κ3) is 3.14. The van der Waals surface area contributed by atoms with Gasteiger partial charge in [-0.15, -0.1) is 0 Å². The van der Waals surface area contributed by atoms with E-state index in [2.05, 4.69) is 0 Å². The number of phenolic OH excluding ortho intramolecular Hbond substituents is 1. The number of aromatic hydroxyl groups is 1. The quantitative estimate of drug-likeness (QED) is 0.354. The second kappa shape index (κ2) is 7.55. The zero-order valence-corrected chi connectivity index (χ0v) is 18.0. The molecule has 3 heterocycles. The van der Waals surface area contributed by atoms with E-state index >= 15 is 0 Å². The predicted molar refractivity (Wildman–Crippen MR) is 119 cm³/mol. The lowest BCUT2D eigenvalue weighted by atomic mass is 9.84. The van der Waals surface area contributed by atoms with E-state index in [9.17, 15) is 14.7 Å². The largest absolute Gasteiger partial charge is 0.504 e. The maximum Gasteiger partial charge on any atom is 0.312 e. The minimum absolute atomic E-state index is 0.0491. The van der Waals surface area contributed by atoms with Gasteiger partial charge in [-0.1, -0.05) is 12.1 Å². The Kier molecular flexibility index (Phi) is 4.48. The van der Waals surface area contributed by atoms with Crippen LogP contribution in [0, 0.1) is 0 Å². The number of allylic oxidation sites excluding steroid dienone is 1. The number of ketones is 1. The number of methoxy groups -OCH3 is 1. The summed E-state index contributed by atoms with van der Waals surface area (Å²) in [5.41, 5.74) is 2.41. The lowest BCUT2D eigenvalue weighted by Gasteiger charge is -2.26. The van der Waals surface area contributed by atoms with Crippen molar-refractivity contribution in [3.63, 3.8) is 0 Å². The van der Waals surface area contributed by atoms with Gasteiger partial charge in [-0.2, -0.15) is 0 Å². The molecule has 3 aromatic rings. The summed E-state index contributed by atoms with van der Waals surface area (Å²) in [6.45, 7) is 0.143. The fraction of sp³-hybridized carbons (Fsp3) is 0.154. The molecule has 1 N–H and O–H groups in total. The van der Waals surface area contributed by atoms with Gasteiger partial charge >= 0.3 is 5.97 Å². The van der Waals surface area contributed by atoms with Crippen LogP contribution >= 0.6 is 0 Å². The van der Waals surface area contributed by atoms with Gasteiger partial charge < -0.3 is 28.8 Å². The highest BCUT2D eigenvalue weighted by atomic mass is 16.7. The van der Waals surface area contributed by atoms with Crippen molar-refractivity contribution in [1.29, 1.82) is 0 Å². The first-order valence-electron chi connectivity index (χ1n) is 10.6. The number of carbonyl (C=O) groups excluding carboxylic acids is 2. The van der Waals surface area contributed by atoms with E-state index < -0.39 is 5.92 Å². The zero-order valence-electron chi connectivity index (χ0n) is 18.0. The average molecular weight is 458 g/mol. The van der Waals surface area contributed by atoms with Crippen molar-refractivity contribution in [2.24, 2.45) is 0 Å². The summed E-state index contributed by atoms with van der Waals surface area (Å²) in [5, 5.41) is 10.1. The SMILES string of the molecule is COc1ccc(/C=C2\Oc3c(ccc4c3C(c3ccc5c(c3)OCO5)CC(=O)O4)C2=O)cc1O. The van der Waals surface area contributed by atoms with Crippen LogP contribution in [0.1, 0.15) is 39.4 Å². The minimum Gasteiger partial charge on any atom is -0.504 e. The van der Waals surface area contributed by atoms with Gasteiger partial charge in [0.2, 0.25) is 12.6 Å². The highest BCUT2D eigenvalue weighted by molar-refractivity contribution is 6.15. The van der Waals surface area contributed by atoms with Crippen LogP contribution in [0.3, 0.4) is 0 Å². The van der Waals surface area contributed by atoms with Gasteiger partial charge in [0.15, 0.2) is 28.8 Å². The molecule has 1 unspecified atom stereocenters. The molecule has 0 aliphatic carbocycles. The molecule has 3 aliphatic heterocycles. The fourth-order valence-electron chi connectivity index (χ4n) is 4.47. The van der Waals surface area contributed by atoms with Crippen molar-refractivity contribution in [3.8, 4) is 34.5 Å². The van der Waals surface area contributed by atoms with Crippen molar-refractivity contribution in [3.05, 3.63) is 76.5 Å². The summed E-state index contributed by atoms with van der Waals surface area (Å²) in [6.07, 6.45) is 1.64. The van der Waals surface area contributed by atoms with E-state index in [0.29, 0.717) is 45.4 Å². The summed E-state index contributed by atoms with van der Waals surface area (Å²) in [6, 6.07) is 13.5. The molecule has 6 rings (SSSR count). The van der Waals surface area contributed by atoms with E-state index in [-0.39, 0.29) is 36.5 Å². The molecule has 8 nitrogen and oxygen atoms in total. The molecule has 0 radical (unpaired) electrons. The van der Waals surface area contributed by atoms with Crippen molar-refractivity contribution < 1.29 is 38.4 Å². The molecule has 0 fully saturated rings. The Morgan fingerprint density at radius 3 is 2.62 bits per heavy atom. The average Bonchev–Trinajstić information content (AvgIpc) is 3.42. The number of benzene rings is 3. The van der Waals surface area contributed by atoms with E-state index in [0.717, 1.165) is 5.56 Å². The number of esters is 1. The van der Waals surface area contributed by atoms with Crippen molar-refractivity contribution in [1.82, 2.24) is 0 Å². The predicted octanol–water partition coefficient (Wildman–Crippen LogP) is 4.19. The standard InChI is InChI=1S/C26H18O8/c1-30-18-5-2-13(8-17(18)27)9-22-25(29)15-4-7-20-24(26(15)34-22)16(11-23(28)33-20)14-3-6-19-21(10-14)32-12-31-19/h2-10,16,27H,11-12H2,1H3/b22-9-. The van der Waals surface area contributed by atoms with Gasteiger partial charge in [-0.3, -0.25) is 9.59 Å². The second-order valence-electron chi connectivity index (χ2n) is 8.07. The Labute approximate surface area is 193 Å². The number of ether oxygens (including phenoxy) is 5. The maximum atomic E-state index is 13.1. The van der Waals surface area contributed by atoms with Crippen LogP contribution in [0.15, 0.2) is 54.3 Å². The Morgan fingerprint density at radius 2 is 1.79 bits per heavy atom. The molecule has 170 valence electrons. The van der Waals surface area contributed by atoms with Crippen LogP contribution in [-0.4, -0.2) is 30.8 Å². The van der Waals surface area contributed by atoms with Crippen LogP contribution < -0.4 is 23.7 Å². The summed E-state index contributed by atoms with van der Waals surface area (Å²) >= 11 is 0. The van der Waals surface area contributed by atoms with E-state index in [4.69, 9.17) is 23.7 Å². The molecule has 0 bridgehead atoms. The van der Waals surface area contributed by atoms with E-state index in [1.54, 1.807) is 36.4 Å². The third-order valence-electron chi connectivity index (χ3n) is 6.08. The molecule has 0 spiro atoms. The molecule has 34 heavy (non-hydrogen) atoms. The second-order valence-corrected chi connectivity index (χ2v) is 8.07. The number of fused-ring (bicyclic) bond motifs is 4. The number of rotatable bonds is 3. The smallest absolute Gasteiger partial charge is 0.312 e. The third-order valence-corrected chi connectivity index (χ3v) is 6.08. The van der Waals surface area contributed by atoms with Crippen LogP contribution in [0.2, 0.25) is 0 Å². The lowest BCUT2D eigenvalue weighted by molar-refractivity contribution is -0.135. The fourth-order valence-corrected chi connectivity index (χ4v) is 4.47.